The number of hydrogen-bond donors (Lipinski definition) is 1. The van der Waals surface area contributed by atoms with E-state index in [0.29, 0.717) is 6.04 Å². The average molecular weight is 204 g/mol. The van der Waals surface area contributed by atoms with Crippen molar-refractivity contribution in [1.29, 1.82) is 0 Å². The second-order valence-electron chi connectivity index (χ2n) is 4.34. The van der Waals surface area contributed by atoms with Gasteiger partial charge in [0.05, 0.1) is 0 Å². The maximum absolute atomic E-state index is 3.48. The highest BCUT2D eigenvalue weighted by molar-refractivity contribution is 5.42. The van der Waals surface area contributed by atoms with Crippen LogP contribution < -0.4 is 5.32 Å². The Bertz CT molecular complexity index is 278. The van der Waals surface area contributed by atoms with Gasteiger partial charge in [0.2, 0.25) is 0 Å². The van der Waals surface area contributed by atoms with Gasteiger partial charge in [-0.05, 0) is 45.0 Å². The molecule has 1 unspecified atom stereocenters. The van der Waals surface area contributed by atoms with Gasteiger partial charge in [-0.3, -0.25) is 4.90 Å². The third-order valence-electron chi connectivity index (χ3n) is 3.14. The van der Waals surface area contributed by atoms with Crippen molar-refractivity contribution in [3.63, 3.8) is 0 Å². The monoisotopic (exact) mass is 204 g/mol. The van der Waals surface area contributed by atoms with E-state index in [9.17, 15) is 0 Å². The van der Waals surface area contributed by atoms with Crippen LogP contribution in [0, 0.1) is 0 Å². The fraction of sp³-hybridized carbons (Fsp3) is 0.538. The lowest BCUT2D eigenvalue weighted by molar-refractivity contribution is 0.269. The van der Waals surface area contributed by atoms with Gasteiger partial charge in [0.25, 0.3) is 0 Å². The van der Waals surface area contributed by atoms with Gasteiger partial charge in [-0.15, -0.1) is 0 Å². The summed E-state index contributed by atoms with van der Waals surface area (Å²) in [7, 11) is 0. The molecule has 0 spiro atoms. The van der Waals surface area contributed by atoms with Crippen LogP contribution in [0.1, 0.15) is 19.8 Å². The molecule has 1 heterocycles. The molecule has 2 rings (SSSR count). The zero-order valence-electron chi connectivity index (χ0n) is 9.45. The molecular weight excluding hydrogens is 184 g/mol. The zero-order chi connectivity index (χ0) is 10.5. The summed E-state index contributed by atoms with van der Waals surface area (Å²) in [6.07, 6.45) is 2.74. The van der Waals surface area contributed by atoms with Crippen LogP contribution in [0.4, 0.5) is 5.69 Å². The molecule has 0 aromatic heterocycles. The molecule has 15 heavy (non-hydrogen) atoms. The Morgan fingerprint density at radius 3 is 2.53 bits per heavy atom. The van der Waals surface area contributed by atoms with Crippen molar-refractivity contribution in [3.8, 4) is 0 Å². The first-order valence-corrected chi connectivity index (χ1v) is 5.89. The van der Waals surface area contributed by atoms with E-state index in [1.807, 2.05) is 0 Å². The second kappa shape index (κ2) is 5.17. The molecule has 1 saturated heterocycles. The molecule has 1 aromatic carbocycles. The van der Waals surface area contributed by atoms with E-state index in [1.165, 1.54) is 31.6 Å². The first-order valence-electron chi connectivity index (χ1n) is 5.89. The first-order chi connectivity index (χ1) is 7.36. The minimum atomic E-state index is 0.646. The first kappa shape index (κ1) is 10.5. The molecule has 2 heteroatoms. The Labute approximate surface area is 92.3 Å². The van der Waals surface area contributed by atoms with Gasteiger partial charge in [0, 0.05) is 18.3 Å². The molecule has 1 fully saturated rings. The number of benzene rings is 1. The number of hydrogen-bond acceptors (Lipinski definition) is 2. The summed E-state index contributed by atoms with van der Waals surface area (Å²) in [5, 5.41) is 3.48. The molecule has 1 aromatic rings. The molecule has 1 aliphatic rings. The van der Waals surface area contributed by atoms with Crippen molar-refractivity contribution in [2.24, 2.45) is 0 Å². The lowest BCUT2D eigenvalue weighted by Crippen LogP contribution is -2.35. The summed E-state index contributed by atoms with van der Waals surface area (Å²) in [6, 6.07) is 11.1. The van der Waals surface area contributed by atoms with Crippen LogP contribution in [0.25, 0.3) is 0 Å². The number of likely N-dealkylation sites (tertiary alicyclic amines) is 1. The van der Waals surface area contributed by atoms with Gasteiger partial charge < -0.3 is 5.32 Å². The molecule has 1 N–H and O–H groups in total. The summed E-state index contributed by atoms with van der Waals surface area (Å²) < 4.78 is 0. The van der Waals surface area contributed by atoms with E-state index in [-0.39, 0.29) is 0 Å². The van der Waals surface area contributed by atoms with Crippen LogP contribution in [0.15, 0.2) is 30.3 Å². The third kappa shape index (κ3) is 2.96. The predicted molar refractivity (Wildman–Crippen MR) is 65.2 cm³/mol. The van der Waals surface area contributed by atoms with Gasteiger partial charge in [0.1, 0.15) is 0 Å². The van der Waals surface area contributed by atoms with E-state index in [2.05, 4.69) is 47.5 Å². The Kier molecular flexibility index (Phi) is 3.62. The molecule has 1 atom stereocenters. The summed E-state index contributed by atoms with van der Waals surface area (Å²) in [5.41, 5.74) is 1.23. The van der Waals surface area contributed by atoms with Gasteiger partial charge in [-0.2, -0.15) is 0 Å². The van der Waals surface area contributed by atoms with Gasteiger partial charge in [0.15, 0.2) is 0 Å². The van der Waals surface area contributed by atoms with Crippen LogP contribution in [-0.4, -0.2) is 30.6 Å². The smallest absolute Gasteiger partial charge is 0.0340 e. The number of para-hydroxylation sites is 1. The van der Waals surface area contributed by atoms with E-state index >= 15 is 0 Å². The molecule has 2 nitrogen and oxygen atoms in total. The molecule has 0 aliphatic carbocycles. The molecular formula is C13H20N2. The number of nitrogens with one attached hydrogen (secondary N) is 1. The number of anilines is 1. The predicted octanol–water partition coefficient (Wildman–Crippen LogP) is 2.58. The van der Waals surface area contributed by atoms with E-state index in [1.54, 1.807) is 0 Å². The molecule has 82 valence electrons. The summed E-state index contributed by atoms with van der Waals surface area (Å²) in [4.78, 5) is 2.57. The summed E-state index contributed by atoms with van der Waals surface area (Å²) in [6.45, 7) is 5.90. The van der Waals surface area contributed by atoms with Crippen molar-refractivity contribution in [2.45, 2.75) is 25.8 Å². The third-order valence-corrected chi connectivity index (χ3v) is 3.14. The fourth-order valence-electron chi connectivity index (χ4n) is 2.13. The quantitative estimate of drug-likeness (QED) is 0.811. The normalized spacial score (nSPS) is 19.0. The van der Waals surface area contributed by atoms with E-state index in [0.717, 1.165) is 6.54 Å². The van der Waals surface area contributed by atoms with Crippen molar-refractivity contribution in [2.75, 3.05) is 25.0 Å². The van der Waals surface area contributed by atoms with Crippen LogP contribution in [0.5, 0.6) is 0 Å². The maximum atomic E-state index is 3.48. The van der Waals surface area contributed by atoms with Crippen LogP contribution >= 0.6 is 0 Å². The van der Waals surface area contributed by atoms with Gasteiger partial charge in [-0.1, -0.05) is 18.2 Å². The van der Waals surface area contributed by atoms with Crippen molar-refractivity contribution < 1.29 is 0 Å². The number of rotatable bonds is 4. The largest absolute Gasteiger partial charge is 0.383 e. The Morgan fingerprint density at radius 2 is 1.87 bits per heavy atom. The standard InChI is InChI=1S/C13H20N2/c1-12(15-9-5-6-10-15)11-14-13-7-3-2-4-8-13/h2-4,7-8,12,14H,5-6,9-11H2,1H3. The maximum Gasteiger partial charge on any atom is 0.0340 e. The highest BCUT2D eigenvalue weighted by atomic mass is 15.2. The lowest BCUT2D eigenvalue weighted by Gasteiger charge is -2.24. The minimum Gasteiger partial charge on any atom is -0.383 e. The SMILES string of the molecule is CC(CNc1ccccc1)N1CCCC1. The molecule has 0 bridgehead atoms. The van der Waals surface area contributed by atoms with E-state index in [4.69, 9.17) is 0 Å². The minimum absolute atomic E-state index is 0.646. The van der Waals surface area contributed by atoms with Crippen molar-refractivity contribution in [3.05, 3.63) is 30.3 Å². The summed E-state index contributed by atoms with van der Waals surface area (Å²) in [5.74, 6) is 0. The molecule has 0 amide bonds. The van der Waals surface area contributed by atoms with Crippen LogP contribution in [0.3, 0.4) is 0 Å². The highest BCUT2D eigenvalue weighted by Crippen LogP contribution is 2.12. The van der Waals surface area contributed by atoms with Crippen LogP contribution in [0.2, 0.25) is 0 Å². The van der Waals surface area contributed by atoms with Gasteiger partial charge in [-0.25, -0.2) is 0 Å². The van der Waals surface area contributed by atoms with E-state index < -0.39 is 0 Å². The zero-order valence-corrected chi connectivity index (χ0v) is 9.45. The fourth-order valence-corrected chi connectivity index (χ4v) is 2.13. The highest BCUT2D eigenvalue weighted by Gasteiger charge is 2.17. The molecule has 0 radical (unpaired) electrons. The Hall–Kier alpha value is -1.02. The average Bonchev–Trinajstić information content (AvgIpc) is 2.81. The Morgan fingerprint density at radius 1 is 1.20 bits per heavy atom. The second-order valence-corrected chi connectivity index (χ2v) is 4.34. The molecule has 0 saturated carbocycles. The van der Waals surface area contributed by atoms with Gasteiger partial charge >= 0.3 is 0 Å². The van der Waals surface area contributed by atoms with Crippen LogP contribution in [-0.2, 0) is 0 Å². The topological polar surface area (TPSA) is 15.3 Å². The van der Waals surface area contributed by atoms with Crippen molar-refractivity contribution in [1.82, 2.24) is 4.90 Å². The lowest BCUT2D eigenvalue weighted by atomic mass is 10.2. The number of nitrogens with zero attached hydrogens (tertiary/aromatic N) is 1. The Balaban J connectivity index is 1.77. The molecule has 1 aliphatic heterocycles. The summed E-state index contributed by atoms with van der Waals surface area (Å²) >= 11 is 0. The van der Waals surface area contributed by atoms with Crippen molar-refractivity contribution >= 4 is 5.69 Å².